The molecule has 8 aromatic rings. The van der Waals surface area contributed by atoms with Gasteiger partial charge in [0.25, 0.3) is 0 Å². The summed E-state index contributed by atoms with van der Waals surface area (Å²) in [5.74, 6) is 0.868. The van der Waals surface area contributed by atoms with E-state index in [1.54, 1.807) is 0 Å². The molecule has 7 aromatic carbocycles. The molecule has 0 spiro atoms. The van der Waals surface area contributed by atoms with Crippen LogP contribution in [0.2, 0.25) is 0 Å². The van der Waals surface area contributed by atoms with Crippen LogP contribution < -0.4 is 4.90 Å². The van der Waals surface area contributed by atoms with E-state index in [1.165, 1.54) is 11.1 Å². The third-order valence-electron chi connectivity index (χ3n) is 8.50. The maximum Gasteiger partial charge on any atom is 0.136 e. The molecule has 0 aliphatic rings. The van der Waals surface area contributed by atoms with E-state index < -0.39 is 0 Å². The van der Waals surface area contributed by atoms with Crippen LogP contribution in [0.1, 0.15) is 0 Å². The summed E-state index contributed by atoms with van der Waals surface area (Å²) < 4.78 is 6.39. The van der Waals surface area contributed by atoms with E-state index in [4.69, 9.17) is 4.42 Å². The Morgan fingerprint density at radius 3 is 1.43 bits per heavy atom. The van der Waals surface area contributed by atoms with Crippen LogP contribution in [0, 0.1) is 0 Å². The molecule has 46 heavy (non-hydrogen) atoms. The zero-order valence-corrected chi connectivity index (χ0v) is 25.3. The second kappa shape index (κ2) is 12.1. The Balaban J connectivity index is 1.17. The van der Waals surface area contributed by atoms with Gasteiger partial charge in [-0.1, -0.05) is 133 Å². The fourth-order valence-corrected chi connectivity index (χ4v) is 6.17. The van der Waals surface area contributed by atoms with Gasteiger partial charge in [0.05, 0.1) is 0 Å². The molecule has 0 radical (unpaired) electrons. The number of anilines is 3. The quantitative estimate of drug-likeness (QED) is 0.184. The van der Waals surface area contributed by atoms with Gasteiger partial charge in [-0.05, 0) is 88.0 Å². The van der Waals surface area contributed by atoms with Gasteiger partial charge in [-0.15, -0.1) is 0 Å². The lowest BCUT2D eigenvalue weighted by molar-refractivity contribution is 0.632. The molecule has 0 amide bonds. The molecule has 0 atom stereocenters. The lowest BCUT2D eigenvalue weighted by Crippen LogP contribution is -2.09. The van der Waals surface area contributed by atoms with Crippen molar-refractivity contribution in [1.29, 1.82) is 0 Å². The number of nitrogens with zero attached hydrogens (tertiary/aromatic N) is 1. The molecule has 0 aliphatic heterocycles. The topological polar surface area (TPSA) is 16.4 Å². The first-order valence-corrected chi connectivity index (χ1v) is 15.6. The molecule has 0 fully saturated rings. The molecule has 0 saturated heterocycles. The Morgan fingerprint density at radius 2 is 0.804 bits per heavy atom. The Bertz CT molecular complexity index is 2180. The molecule has 0 N–H and O–H groups in total. The van der Waals surface area contributed by atoms with Crippen molar-refractivity contribution in [1.82, 2.24) is 0 Å². The number of fused-ring (bicyclic) bond motifs is 1. The molecule has 1 aromatic heterocycles. The lowest BCUT2D eigenvalue weighted by atomic mass is 9.93. The summed E-state index contributed by atoms with van der Waals surface area (Å²) in [4.78, 5) is 2.30. The molecule has 0 saturated carbocycles. The maximum absolute atomic E-state index is 6.39. The van der Waals surface area contributed by atoms with Crippen LogP contribution in [-0.2, 0) is 0 Å². The van der Waals surface area contributed by atoms with E-state index in [2.05, 4.69) is 175 Å². The second-order valence-corrected chi connectivity index (χ2v) is 11.4. The van der Waals surface area contributed by atoms with Crippen molar-refractivity contribution in [2.45, 2.75) is 0 Å². The monoisotopic (exact) mass is 589 g/mol. The third-order valence-corrected chi connectivity index (χ3v) is 8.50. The predicted molar refractivity (Wildman–Crippen MR) is 193 cm³/mol. The largest absolute Gasteiger partial charge is 0.456 e. The molecule has 1 heterocycles. The normalized spacial score (nSPS) is 11.0. The third kappa shape index (κ3) is 5.38. The van der Waals surface area contributed by atoms with Gasteiger partial charge >= 0.3 is 0 Å². The fraction of sp³-hybridized carbons (Fsp3) is 0. The van der Waals surface area contributed by atoms with E-state index in [0.29, 0.717) is 0 Å². The fourth-order valence-electron chi connectivity index (χ4n) is 6.17. The van der Waals surface area contributed by atoms with Gasteiger partial charge < -0.3 is 9.32 Å². The molecule has 2 heteroatoms. The Hall–Kier alpha value is -6.12. The number of para-hydroxylation sites is 2. The highest BCUT2D eigenvalue weighted by Gasteiger charge is 2.16. The maximum atomic E-state index is 6.39. The highest BCUT2D eigenvalue weighted by atomic mass is 16.3. The van der Waals surface area contributed by atoms with Crippen LogP contribution in [0.5, 0.6) is 0 Å². The average Bonchev–Trinajstić information content (AvgIpc) is 3.58. The standard InChI is InChI=1S/C44H31NO/c1-4-12-32(13-5-1)33-20-25-39(26-21-33)45(38-17-8-3-9-18-38)40-27-22-34(23-28-40)36-24-29-41(35-14-6-2-7-15-35)42(30-36)44-31-37-16-10-11-19-43(37)46-44/h1-31H. The van der Waals surface area contributed by atoms with E-state index in [-0.39, 0.29) is 0 Å². The number of rotatable bonds is 7. The zero-order valence-electron chi connectivity index (χ0n) is 25.3. The summed E-state index contributed by atoms with van der Waals surface area (Å²) in [6.45, 7) is 0. The van der Waals surface area contributed by atoms with Crippen molar-refractivity contribution in [3.05, 3.63) is 188 Å². The van der Waals surface area contributed by atoms with E-state index in [0.717, 1.165) is 61.6 Å². The van der Waals surface area contributed by atoms with Gasteiger partial charge in [0.1, 0.15) is 11.3 Å². The lowest BCUT2D eigenvalue weighted by Gasteiger charge is -2.26. The zero-order chi connectivity index (χ0) is 30.7. The summed E-state index contributed by atoms with van der Waals surface area (Å²) >= 11 is 0. The first-order chi connectivity index (χ1) is 22.8. The first kappa shape index (κ1) is 27.4. The predicted octanol–water partition coefficient (Wildman–Crippen LogP) is 12.6. The van der Waals surface area contributed by atoms with Crippen LogP contribution in [0.4, 0.5) is 17.1 Å². The van der Waals surface area contributed by atoms with Gasteiger partial charge in [-0.3, -0.25) is 0 Å². The van der Waals surface area contributed by atoms with Gasteiger partial charge in [-0.2, -0.15) is 0 Å². The van der Waals surface area contributed by atoms with Crippen LogP contribution in [0.25, 0.3) is 55.7 Å². The molecule has 0 bridgehead atoms. The van der Waals surface area contributed by atoms with Crippen molar-refractivity contribution in [2.24, 2.45) is 0 Å². The van der Waals surface area contributed by atoms with Crippen LogP contribution >= 0.6 is 0 Å². The Morgan fingerprint density at radius 1 is 0.326 bits per heavy atom. The summed E-state index contributed by atoms with van der Waals surface area (Å²) in [6.07, 6.45) is 0. The first-order valence-electron chi connectivity index (χ1n) is 15.6. The highest BCUT2D eigenvalue weighted by molar-refractivity contribution is 5.90. The molecule has 8 rings (SSSR count). The second-order valence-electron chi connectivity index (χ2n) is 11.4. The smallest absolute Gasteiger partial charge is 0.136 e. The number of furan rings is 1. The van der Waals surface area contributed by atoms with E-state index in [9.17, 15) is 0 Å². The minimum atomic E-state index is 0.868. The Labute approximate surface area is 269 Å². The summed E-state index contributed by atoms with van der Waals surface area (Å²) in [5.41, 5.74) is 12.3. The molecule has 0 unspecified atom stereocenters. The average molecular weight is 590 g/mol. The van der Waals surface area contributed by atoms with Crippen molar-refractivity contribution in [3.8, 4) is 44.7 Å². The van der Waals surface area contributed by atoms with E-state index >= 15 is 0 Å². The summed E-state index contributed by atoms with van der Waals surface area (Å²) in [5, 5.41) is 1.10. The summed E-state index contributed by atoms with van der Waals surface area (Å²) in [7, 11) is 0. The Kier molecular flexibility index (Phi) is 7.22. The van der Waals surface area contributed by atoms with Crippen molar-refractivity contribution in [2.75, 3.05) is 4.90 Å². The van der Waals surface area contributed by atoms with Crippen LogP contribution in [-0.4, -0.2) is 0 Å². The van der Waals surface area contributed by atoms with Crippen LogP contribution in [0.3, 0.4) is 0 Å². The van der Waals surface area contributed by atoms with Crippen molar-refractivity contribution < 1.29 is 4.42 Å². The van der Waals surface area contributed by atoms with E-state index in [1.807, 2.05) is 18.2 Å². The number of hydrogen-bond donors (Lipinski definition) is 0. The molecular formula is C44H31NO. The molecule has 0 aliphatic carbocycles. The minimum absolute atomic E-state index is 0.868. The molecule has 2 nitrogen and oxygen atoms in total. The summed E-state index contributed by atoms with van der Waals surface area (Å²) in [6, 6.07) is 66.2. The van der Waals surface area contributed by atoms with Gasteiger partial charge in [0.15, 0.2) is 0 Å². The SMILES string of the molecule is c1ccc(-c2ccc(N(c3ccccc3)c3ccc(-c4ccc(-c5ccccc5)c(-c5cc6ccccc6o5)c4)cc3)cc2)cc1. The minimum Gasteiger partial charge on any atom is -0.456 e. The van der Waals surface area contributed by atoms with Crippen molar-refractivity contribution in [3.63, 3.8) is 0 Å². The van der Waals surface area contributed by atoms with Gasteiger partial charge in [-0.25, -0.2) is 0 Å². The van der Waals surface area contributed by atoms with Crippen molar-refractivity contribution >= 4 is 28.0 Å². The number of hydrogen-bond acceptors (Lipinski definition) is 2. The van der Waals surface area contributed by atoms with Gasteiger partial charge in [0, 0.05) is 28.0 Å². The highest BCUT2D eigenvalue weighted by Crippen LogP contribution is 2.40. The van der Waals surface area contributed by atoms with Crippen LogP contribution in [0.15, 0.2) is 192 Å². The van der Waals surface area contributed by atoms with Gasteiger partial charge in [0.2, 0.25) is 0 Å². The molecular weight excluding hydrogens is 558 g/mol. The number of benzene rings is 7. The molecule has 218 valence electrons.